The highest BCUT2D eigenvalue weighted by Crippen LogP contribution is 2.36. The summed E-state index contributed by atoms with van der Waals surface area (Å²) in [5.74, 6) is -0.381. The van der Waals surface area contributed by atoms with Crippen molar-refractivity contribution in [1.29, 1.82) is 0 Å². The largest absolute Gasteiger partial charge is 0.465 e. The molecular formula is C34H34N4O4S. The Morgan fingerprint density at radius 2 is 1.79 bits per heavy atom. The van der Waals surface area contributed by atoms with Crippen molar-refractivity contribution in [3.05, 3.63) is 107 Å². The second-order valence-corrected chi connectivity index (χ2v) is 11.5. The van der Waals surface area contributed by atoms with Gasteiger partial charge in [-0.05, 0) is 60.2 Å². The molecule has 8 nitrogen and oxygen atoms in total. The first-order chi connectivity index (χ1) is 21.1. The Kier molecular flexibility index (Phi) is 9.02. The fourth-order valence-corrected chi connectivity index (χ4v) is 6.47. The number of hydrogen-bond acceptors (Lipinski definition) is 7. The van der Waals surface area contributed by atoms with Crippen LogP contribution in [0.2, 0.25) is 0 Å². The summed E-state index contributed by atoms with van der Waals surface area (Å²) < 4.78 is 12.5. The molecule has 2 aliphatic heterocycles. The van der Waals surface area contributed by atoms with Gasteiger partial charge in [0, 0.05) is 55.4 Å². The Morgan fingerprint density at radius 1 is 1.00 bits per heavy atom. The molecule has 1 aromatic heterocycles. The van der Waals surface area contributed by atoms with Gasteiger partial charge in [-0.2, -0.15) is 0 Å². The lowest BCUT2D eigenvalue weighted by Crippen LogP contribution is -2.38. The molecule has 0 aliphatic carbocycles. The van der Waals surface area contributed by atoms with E-state index in [9.17, 15) is 9.59 Å². The van der Waals surface area contributed by atoms with Crippen molar-refractivity contribution in [3.63, 3.8) is 0 Å². The van der Waals surface area contributed by atoms with E-state index in [1.165, 1.54) is 18.9 Å². The van der Waals surface area contributed by atoms with Crippen LogP contribution in [0, 0.1) is 0 Å². The number of methoxy groups -OCH3 is 1. The van der Waals surface area contributed by atoms with E-state index < -0.39 is 0 Å². The number of aliphatic imine (C=N–C) groups is 1. The minimum atomic E-state index is -0.358. The average Bonchev–Trinajstić information content (AvgIpc) is 3.53. The first kappa shape index (κ1) is 28.9. The van der Waals surface area contributed by atoms with Gasteiger partial charge in [0.1, 0.15) is 0 Å². The molecule has 2 fully saturated rings. The number of nitrogens with zero attached hydrogens (tertiary/aromatic N) is 4. The molecule has 3 aromatic carbocycles. The van der Waals surface area contributed by atoms with Crippen LogP contribution in [0.5, 0.6) is 0 Å². The fourth-order valence-electron chi connectivity index (χ4n) is 5.45. The van der Waals surface area contributed by atoms with Crippen LogP contribution >= 0.6 is 11.8 Å². The number of esters is 1. The van der Waals surface area contributed by atoms with Crippen molar-refractivity contribution in [2.45, 2.75) is 13.0 Å². The number of carbonyl (C=O) groups excluding carboxylic acids is 2. The maximum Gasteiger partial charge on any atom is 0.337 e. The topological polar surface area (TPSA) is 76.4 Å². The normalized spacial score (nSPS) is 17.8. The van der Waals surface area contributed by atoms with Gasteiger partial charge in [0.2, 0.25) is 0 Å². The number of amides is 1. The standard InChI is InChI=1S/C34H34N4O4S/c1-41-33(40)26-10-7-9-25(21-26)23-37-24-27(29-13-5-6-14-30(29)37)22-31-32(39)38(16-8-15-36-17-19-42-20-18-36)34(43-31)35-28-11-3-2-4-12-28/h2-7,9-14,21-22,24H,8,15-20,23H2,1H3/b31-22-,35-34?. The molecule has 1 amide bonds. The Balaban J connectivity index is 1.28. The third kappa shape index (κ3) is 6.74. The van der Waals surface area contributed by atoms with Gasteiger partial charge >= 0.3 is 5.97 Å². The summed E-state index contributed by atoms with van der Waals surface area (Å²) >= 11 is 1.43. The lowest BCUT2D eigenvalue weighted by Gasteiger charge is -2.27. The summed E-state index contributed by atoms with van der Waals surface area (Å²) in [6.45, 7) is 5.47. The zero-order valence-corrected chi connectivity index (χ0v) is 25.0. The maximum atomic E-state index is 13.8. The zero-order valence-electron chi connectivity index (χ0n) is 24.1. The quantitative estimate of drug-likeness (QED) is 0.180. The van der Waals surface area contributed by atoms with Crippen LogP contribution in [0.25, 0.3) is 17.0 Å². The van der Waals surface area contributed by atoms with Gasteiger partial charge in [0.25, 0.3) is 5.91 Å². The first-order valence-electron chi connectivity index (χ1n) is 14.5. The fraction of sp³-hybridized carbons (Fsp3) is 0.265. The highest BCUT2D eigenvalue weighted by Gasteiger charge is 2.33. The summed E-state index contributed by atoms with van der Waals surface area (Å²) in [7, 11) is 1.39. The smallest absolute Gasteiger partial charge is 0.337 e. The first-order valence-corrected chi connectivity index (χ1v) is 15.3. The summed E-state index contributed by atoms with van der Waals surface area (Å²) in [4.78, 5) is 35.6. The van der Waals surface area contributed by atoms with E-state index in [2.05, 4.69) is 27.8 Å². The van der Waals surface area contributed by atoms with Crippen LogP contribution in [0.3, 0.4) is 0 Å². The molecule has 0 spiro atoms. The van der Waals surface area contributed by atoms with Gasteiger partial charge in [-0.25, -0.2) is 9.79 Å². The molecule has 2 saturated heterocycles. The second-order valence-electron chi connectivity index (χ2n) is 10.5. The van der Waals surface area contributed by atoms with Crippen molar-refractivity contribution >= 4 is 51.5 Å². The molecule has 0 unspecified atom stereocenters. The maximum absolute atomic E-state index is 13.8. The number of benzene rings is 3. The Bertz CT molecular complexity index is 1670. The molecule has 0 atom stereocenters. The molecule has 0 bridgehead atoms. The van der Waals surface area contributed by atoms with E-state index >= 15 is 0 Å². The molecule has 0 radical (unpaired) electrons. The number of morpholine rings is 1. The van der Waals surface area contributed by atoms with Crippen LogP contribution in [-0.2, 0) is 20.8 Å². The predicted octanol–water partition coefficient (Wildman–Crippen LogP) is 5.80. The number of fused-ring (bicyclic) bond motifs is 1. The SMILES string of the molecule is COC(=O)c1cccc(Cn2cc(/C=C3\SC(=Nc4ccccc4)N(CCCN4CCOCC4)C3=O)c3ccccc32)c1. The van der Waals surface area contributed by atoms with Crippen LogP contribution in [0.15, 0.2) is 95.0 Å². The molecule has 43 heavy (non-hydrogen) atoms. The van der Waals surface area contributed by atoms with E-state index in [4.69, 9.17) is 14.5 Å². The van der Waals surface area contributed by atoms with Crippen molar-refractivity contribution in [3.8, 4) is 0 Å². The molecule has 0 N–H and O–H groups in total. The zero-order chi connectivity index (χ0) is 29.6. The number of para-hydroxylation sites is 2. The third-order valence-electron chi connectivity index (χ3n) is 7.64. The van der Waals surface area contributed by atoms with Gasteiger partial charge in [-0.15, -0.1) is 0 Å². The number of carbonyl (C=O) groups is 2. The highest BCUT2D eigenvalue weighted by atomic mass is 32.2. The summed E-state index contributed by atoms with van der Waals surface area (Å²) in [6, 6.07) is 25.4. The number of amidine groups is 1. The number of hydrogen-bond donors (Lipinski definition) is 0. The van der Waals surface area contributed by atoms with E-state index in [1.807, 2.05) is 71.6 Å². The van der Waals surface area contributed by atoms with Gasteiger partial charge < -0.3 is 14.0 Å². The van der Waals surface area contributed by atoms with Crippen LogP contribution < -0.4 is 0 Å². The molecule has 9 heteroatoms. The molecule has 4 aromatic rings. The summed E-state index contributed by atoms with van der Waals surface area (Å²) in [6.07, 6.45) is 4.92. The average molecular weight is 595 g/mol. The van der Waals surface area contributed by atoms with E-state index in [0.29, 0.717) is 28.7 Å². The van der Waals surface area contributed by atoms with Crippen molar-refractivity contribution in [2.24, 2.45) is 4.99 Å². The molecular weight excluding hydrogens is 560 g/mol. The van der Waals surface area contributed by atoms with E-state index in [-0.39, 0.29) is 11.9 Å². The van der Waals surface area contributed by atoms with E-state index in [1.54, 1.807) is 6.07 Å². The number of rotatable bonds is 9. The monoisotopic (exact) mass is 594 g/mol. The predicted molar refractivity (Wildman–Crippen MR) is 172 cm³/mol. The Morgan fingerprint density at radius 3 is 2.60 bits per heavy atom. The number of aromatic nitrogens is 1. The molecule has 3 heterocycles. The van der Waals surface area contributed by atoms with Gasteiger partial charge in [0.05, 0.1) is 36.5 Å². The molecule has 2 aliphatic rings. The highest BCUT2D eigenvalue weighted by molar-refractivity contribution is 8.18. The van der Waals surface area contributed by atoms with Crippen LogP contribution in [0.1, 0.15) is 27.9 Å². The minimum Gasteiger partial charge on any atom is -0.465 e. The van der Waals surface area contributed by atoms with Gasteiger partial charge in [-0.3, -0.25) is 14.6 Å². The minimum absolute atomic E-state index is 0.0238. The van der Waals surface area contributed by atoms with Gasteiger partial charge in [-0.1, -0.05) is 48.5 Å². The van der Waals surface area contributed by atoms with Gasteiger partial charge in [0.15, 0.2) is 5.17 Å². The summed E-state index contributed by atoms with van der Waals surface area (Å²) in [5.41, 5.74) is 4.34. The second kappa shape index (κ2) is 13.4. The Hall–Kier alpha value is -4.18. The molecule has 6 rings (SSSR count). The van der Waals surface area contributed by atoms with Crippen molar-refractivity contribution in [1.82, 2.24) is 14.4 Å². The number of ether oxygens (including phenoxy) is 2. The van der Waals surface area contributed by atoms with Crippen molar-refractivity contribution in [2.75, 3.05) is 46.5 Å². The molecule has 220 valence electrons. The lowest BCUT2D eigenvalue weighted by atomic mass is 10.1. The third-order valence-corrected chi connectivity index (χ3v) is 8.64. The van der Waals surface area contributed by atoms with Crippen LogP contribution in [0.4, 0.5) is 5.69 Å². The molecule has 0 saturated carbocycles. The summed E-state index contributed by atoms with van der Waals surface area (Å²) in [5, 5.41) is 1.76. The number of thioether (sulfide) groups is 1. The van der Waals surface area contributed by atoms with Crippen molar-refractivity contribution < 1.29 is 19.1 Å². The van der Waals surface area contributed by atoms with E-state index in [0.717, 1.165) is 67.0 Å². The van der Waals surface area contributed by atoms with Crippen LogP contribution in [-0.4, -0.2) is 77.9 Å². The lowest BCUT2D eigenvalue weighted by molar-refractivity contribution is -0.122. The Labute approximate surface area is 255 Å².